The lowest BCUT2D eigenvalue weighted by molar-refractivity contribution is 0.0824. The van der Waals surface area contributed by atoms with Gasteiger partial charge < -0.3 is 20.6 Å². The molecule has 3 N–H and O–H groups in total. The van der Waals surface area contributed by atoms with E-state index in [-0.39, 0.29) is 40.3 Å². The van der Waals surface area contributed by atoms with E-state index in [1.807, 2.05) is 37.3 Å². The van der Waals surface area contributed by atoms with Crippen molar-refractivity contribution in [3.8, 4) is 5.75 Å². The van der Waals surface area contributed by atoms with Crippen LogP contribution in [0.5, 0.6) is 5.75 Å². The average molecular weight is 379 g/mol. The van der Waals surface area contributed by atoms with E-state index in [9.17, 15) is 19.5 Å². The van der Waals surface area contributed by atoms with Crippen molar-refractivity contribution in [3.63, 3.8) is 0 Å². The molecule has 0 spiro atoms. The van der Waals surface area contributed by atoms with Crippen molar-refractivity contribution in [2.24, 2.45) is 0 Å². The summed E-state index contributed by atoms with van der Waals surface area (Å²) in [7, 11) is 3.15. The second-order valence-corrected chi connectivity index (χ2v) is 6.71. The van der Waals surface area contributed by atoms with E-state index in [4.69, 9.17) is 0 Å². The summed E-state index contributed by atoms with van der Waals surface area (Å²) < 4.78 is 0. The average Bonchev–Trinajstić information content (AvgIpc) is 2.71. The topological polar surface area (TPSA) is 98.7 Å². The number of carbonyl (C=O) groups is 1. The van der Waals surface area contributed by atoms with Crippen LogP contribution in [-0.4, -0.2) is 30.0 Å². The molecule has 0 saturated heterocycles. The van der Waals surface area contributed by atoms with Crippen LogP contribution in [-0.2, 0) is 0 Å². The minimum absolute atomic E-state index is 0.0672. The lowest BCUT2D eigenvalue weighted by Crippen LogP contribution is -2.37. The molecule has 0 aliphatic carbocycles. The third-order valence-corrected chi connectivity index (χ3v) is 4.50. The van der Waals surface area contributed by atoms with Crippen molar-refractivity contribution in [1.29, 1.82) is 0 Å². The molecule has 1 atom stereocenters. The number of carbonyl (C=O) groups excluding carboxylic acids is 1. The summed E-state index contributed by atoms with van der Waals surface area (Å²) in [5, 5.41) is 16.3. The maximum absolute atomic E-state index is 12.2. The molecule has 3 rings (SSSR count). The van der Waals surface area contributed by atoms with Crippen LogP contribution in [0.25, 0.3) is 0 Å². The van der Waals surface area contributed by atoms with Crippen molar-refractivity contribution in [2.75, 3.05) is 24.7 Å². The number of benzene rings is 2. The fourth-order valence-electron chi connectivity index (χ4n) is 2.88. The number of amides is 1. The van der Waals surface area contributed by atoms with Crippen LogP contribution < -0.4 is 21.5 Å². The molecule has 0 aromatic heterocycles. The zero-order valence-electron chi connectivity index (χ0n) is 15.8. The predicted octanol–water partition coefficient (Wildman–Crippen LogP) is 2.61. The van der Waals surface area contributed by atoms with E-state index in [0.29, 0.717) is 0 Å². The Hall–Kier alpha value is -3.61. The molecule has 28 heavy (non-hydrogen) atoms. The van der Waals surface area contributed by atoms with Crippen LogP contribution in [0.1, 0.15) is 28.9 Å². The van der Waals surface area contributed by atoms with Crippen LogP contribution in [0.3, 0.4) is 0 Å². The lowest BCUT2D eigenvalue weighted by atomic mass is 10.1. The van der Waals surface area contributed by atoms with E-state index in [1.165, 1.54) is 17.0 Å². The van der Waals surface area contributed by atoms with Gasteiger partial charge in [-0.15, -0.1) is 0 Å². The number of nitrogens with one attached hydrogen (secondary N) is 2. The molecule has 0 radical (unpaired) electrons. The first-order chi connectivity index (χ1) is 13.3. The molecule has 0 unspecified atom stereocenters. The third kappa shape index (κ3) is 3.46. The highest BCUT2D eigenvalue weighted by molar-refractivity contribution is 5.99. The van der Waals surface area contributed by atoms with Gasteiger partial charge in [-0.25, -0.2) is 0 Å². The molecule has 0 fully saturated rings. The Morgan fingerprint density at radius 1 is 0.964 bits per heavy atom. The van der Waals surface area contributed by atoms with Crippen LogP contribution in [0.4, 0.5) is 17.1 Å². The number of rotatable bonds is 6. The summed E-state index contributed by atoms with van der Waals surface area (Å²) in [6, 6.07) is 13.9. The second kappa shape index (κ2) is 7.56. The SMILES string of the molecule is C[C@@H](Nc1c(Nc2cccc(C(=O)N(C)C)c2O)c(=O)c1=O)c1ccccc1. The van der Waals surface area contributed by atoms with E-state index in [1.54, 1.807) is 20.2 Å². The van der Waals surface area contributed by atoms with Gasteiger partial charge in [0.1, 0.15) is 11.4 Å². The smallest absolute Gasteiger partial charge is 0.257 e. The zero-order chi connectivity index (χ0) is 20.4. The van der Waals surface area contributed by atoms with Gasteiger partial charge in [0.25, 0.3) is 16.8 Å². The number of hydrogen-bond acceptors (Lipinski definition) is 6. The summed E-state index contributed by atoms with van der Waals surface area (Å²) in [4.78, 5) is 37.6. The highest BCUT2D eigenvalue weighted by atomic mass is 16.3. The summed E-state index contributed by atoms with van der Waals surface area (Å²) >= 11 is 0. The van der Waals surface area contributed by atoms with E-state index < -0.39 is 10.9 Å². The molecular weight excluding hydrogens is 358 g/mol. The lowest BCUT2D eigenvalue weighted by Gasteiger charge is -2.20. The van der Waals surface area contributed by atoms with Crippen LogP contribution in [0, 0.1) is 0 Å². The van der Waals surface area contributed by atoms with Crippen molar-refractivity contribution >= 4 is 23.0 Å². The van der Waals surface area contributed by atoms with Gasteiger partial charge >= 0.3 is 0 Å². The summed E-state index contributed by atoms with van der Waals surface area (Å²) in [6.45, 7) is 1.88. The number of phenolic OH excluding ortho intramolecular Hbond substituents is 1. The quantitative estimate of drug-likeness (QED) is 0.450. The fourth-order valence-corrected chi connectivity index (χ4v) is 2.88. The van der Waals surface area contributed by atoms with Gasteiger partial charge in [0, 0.05) is 20.1 Å². The van der Waals surface area contributed by atoms with Gasteiger partial charge in [-0.1, -0.05) is 36.4 Å². The highest BCUT2D eigenvalue weighted by Crippen LogP contribution is 2.32. The molecule has 0 bridgehead atoms. The first-order valence-corrected chi connectivity index (χ1v) is 8.76. The minimum atomic E-state index is -0.675. The van der Waals surface area contributed by atoms with Crippen molar-refractivity contribution in [1.82, 2.24) is 4.90 Å². The van der Waals surface area contributed by atoms with Crippen molar-refractivity contribution < 1.29 is 9.90 Å². The van der Waals surface area contributed by atoms with E-state index in [0.717, 1.165) is 5.56 Å². The minimum Gasteiger partial charge on any atom is -0.505 e. The van der Waals surface area contributed by atoms with Gasteiger partial charge in [-0.2, -0.15) is 0 Å². The van der Waals surface area contributed by atoms with Gasteiger partial charge in [0.15, 0.2) is 5.75 Å². The molecule has 0 heterocycles. The predicted molar refractivity (Wildman–Crippen MR) is 109 cm³/mol. The molecule has 7 heteroatoms. The molecule has 0 saturated carbocycles. The number of aromatic hydroxyl groups is 1. The van der Waals surface area contributed by atoms with Crippen molar-refractivity contribution in [3.05, 3.63) is 80.1 Å². The molecule has 7 nitrogen and oxygen atoms in total. The number of phenols is 1. The molecule has 3 aromatic rings. The Kier molecular flexibility index (Phi) is 5.17. The molecule has 0 aliphatic heterocycles. The fraction of sp³-hybridized carbons (Fsp3) is 0.190. The van der Waals surface area contributed by atoms with Crippen molar-refractivity contribution in [2.45, 2.75) is 13.0 Å². The molecule has 144 valence electrons. The molecule has 3 aromatic carbocycles. The number of anilines is 3. The Labute approximate surface area is 161 Å². The maximum atomic E-state index is 12.2. The van der Waals surface area contributed by atoms with Gasteiger partial charge in [-0.05, 0) is 24.6 Å². The summed E-state index contributed by atoms with van der Waals surface area (Å²) in [5.41, 5.74) is 0.165. The van der Waals surface area contributed by atoms with Gasteiger partial charge in [0.2, 0.25) is 0 Å². The Bertz CT molecular complexity index is 1080. The normalized spacial score (nSPS) is 11.8. The van der Waals surface area contributed by atoms with Gasteiger partial charge in [-0.3, -0.25) is 14.4 Å². The monoisotopic (exact) mass is 379 g/mol. The Morgan fingerprint density at radius 3 is 2.25 bits per heavy atom. The maximum Gasteiger partial charge on any atom is 0.257 e. The summed E-state index contributed by atoms with van der Waals surface area (Å²) in [6.07, 6.45) is 0. The Morgan fingerprint density at radius 2 is 1.61 bits per heavy atom. The summed E-state index contributed by atoms with van der Waals surface area (Å²) in [5.74, 6) is -0.654. The molecule has 1 amide bonds. The third-order valence-electron chi connectivity index (χ3n) is 4.50. The standard InChI is InChI=1S/C21H21N3O4/c1-12(13-8-5-4-6-9-13)22-16-17(20(27)19(16)26)23-15-11-7-10-14(18(15)25)21(28)24(2)3/h4-12,22-23,25H,1-3H3/t12-/m1/s1. The first-order valence-electron chi connectivity index (χ1n) is 8.76. The number of hydrogen-bond donors (Lipinski definition) is 3. The van der Waals surface area contributed by atoms with E-state index >= 15 is 0 Å². The van der Waals surface area contributed by atoms with Crippen LogP contribution >= 0.6 is 0 Å². The number of para-hydroxylation sites is 1. The highest BCUT2D eigenvalue weighted by Gasteiger charge is 2.24. The van der Waals surface area contributed by atoms with E-state index in [2.05, 4.69) is 10.6 Å². The first kappa shape index (κ1) is 19.2. The largest absolute Gasteiger partial charge is 0.505 e. The second-order valence-electron chi connectivity index (χ2n) is 6.71. The zero-order valence-corrected chi connectivity index (χ0v) is 15.8. The molecule has 0 aliphatic rings. The van der Waals surface area contributed by atoms with Crippen LogP contribution in [0.2, 0.25) is 0 Å². The van der Waals surface area contributed by atoms with Gasteiger partial charge in [0.05, 0.1) is 11.3 Å². The molecular formula is C21H21N3O4. The van der Waals surface area contributed by atoms with Crippen LogP contribution in [0.15, 0.2) is 58.1 Å². The Balaban J connectivity index is 1.88. The number of nitrogens with zero attached hydrogens (tertiary/aromatic N) is 1.